The van der Waals surface area contributed by atoms with E-state index in [-0.39, 0.29) is 27.8 Å². The van der Waals surface area contributed by atoms with Gasteiger partial charge >= 0.3 is 12.1 Å². The van der Waals surface area contributed by atoms with Crippen LogP contribution in [0.5, 0.6) is 5.88 Å². The highest BCUT2D eigenvalue weighted by Crippen LogP contribution is 2.41. The van der Waals surface area contributed by atoms with Gasteiger partial charge in [-0.25, -0.2) is 9.78 Å². The average Bonchev–Trinajstić information content (AvgIpc) is 2.59. The van der Waals surface area contributed by atoms with Crippen LogP contribution in [0.25, 0.3) is 21.9 Å². The molecular weight excluding hydrogens is 335 g/mol. The Kier molecular flexibility index (Phi) is 4.08. The number of hydrogen-bond acceptors (Lipinski definition) is 3. The summed E-state index contributed by atoms with van der Waals surface area (Å²) in [4.78, 5) is 15.2. The van der Waals surface area contributed by atoms with E-state index in [1.807, 2.05) is 0 Å². The van der Waals surface area contributed by atoms with E-state index >= 15 is 0 Å². The maximum atomic E-state index is 13.5. The third-order valence-electron chi connectivity index (χ3n) is 3.79. The fourth-order valence-electron chi connectivity index (χ4n) is 2.72. The number of aromatic nitrogens is 1. The lowest BCUT2D eigenvalue weighted by atomic mass is 9.95. The van der Waals surface area contributed by atoms with Crippen LogP contribution in [0.15, 0.2) is 48.7 Å². The summed E-state index contributed by atoms with van der Waals surface area (Å²) in [6, 6.07) is 9.46. The van der Waals surface area contributed by atoms with Crippen molar-refractivity contribution in [2.24, 2.45) is 0 Å². The topological polar surface area (TPSA) is 59.4 Å². The van der Waals surface area contributed by atoms with Crippen molar-refractivity contribution in [3.05, 3.63) is 59.8 Å². The minimum atomic E-state index is -4.58. The molecule has 0 saturated carbocycles. The zero-order valence-electron chi connectivity index (χ0n) is 13.0. The van der Waals surface area contributed by atoms with Gasteiger partial charge in [-0.1, -0.05) is 18.2 Å². The summed E-state index contributed by atoms with van der Waals surface area (Å²) >= 11 is 0. The molecule has 0 unspecified atom stereocenters. The number of pyridine rings is 1. The number of rotatable bonds is 3. The van der Waals surface area contributed by atoms with Crippen LogP contribution < -0.4 is 4.74 Å². The molecule has 0 amide bonds. The van der Waals surface area contributed by atoms with Gasteiger partial charge < -0.3 is 9.84 Å². The first kappa shape index (κ1) is 16.8. The Labute approximate surface area is 140 Å². The predicted molar refractivity (Wildman–Crippen MR) is 85.7 cm³/mol. The van der Waals surface area contributed by atoms with E-state index in [4.69, 9.17) is 9.84 Å². The molecule has 0 fully saturated rings. The van der Waals surface area contributed by atoms with Gasteiger partial charge in [0.1, 0.15) is 0 Å². The number of aromatic carboxylic acids is 1. The van der Waals surface area contributed by atoms with Crippen molar-refractivity contribution in [3.63, 3.8) is 0 Å². The van der Waals surface area contributed by atoms with Crippen LogP contribution in [0.4, 0.5) is 13.2 Å². The number of carboxylic acid groups (broad SMARTS) is 1. The van der Waals surface area contributed by atoms with Gasteiger partial charge in [-0.2, -0.15) is 13.2 Å². The number of nitrogens with zero attached hydrogens (tertiary/aromatic N) is 1. The van der Waals surface area contributed by atoms with Crippen LogP contribution in [0.3, 0.4) is 0 Å². The molecule has 0 saturated heterocycles. The highest BCUT2D eigenvalue weighted by Gasteiger charge is 2.34. The Balaban J connectivity index is 2.40. The van der Waals surface area contributed by atoms with E-state index in [0.717, 1.165) is 6.07 Å². The number of benzene rings is 2. The Hall–Kier alpha value is -3.09. The van der Waals surface area contributed by atoms with Crippen molar-refractivity contribution in [2.45, 2.75) is 6.18 Å². The van der Waals surface area contributed by atoms with Gasteiger partial charge in [-0.05, 0) is 29.8 Å². The summed E-state index contributed by atoms with van der Waals surface area (Å²) in [5.74, 6) is -1.09. The second-order valence-electron chi connectivity index (χ2n) is 5.29. The fraction of sp³-hybridized carbons (Fsp3) is 0.111. The smallest absolute Gasteiger partial charge is 0.417 e. The Bertz CT molecular complexity index is 967. The van der Waals surface area contributed by atoms with Gasteiger partial charge in [0.2, 0.25) is 5.88 Å². The zero-order chi connectivity index (χ0) is 18.2. The molecular formula is C18H12F3NO3. The molecule has 128 valence electrons. The molecule has 25 heavy (non-hydrogen) atoms. The standard InChI is InChI=1S/C18H12F3NO3/c1-25-16-12-6-3-7-14(18(19,20)21)15(12)13(9-22-16)10-4-2-5-11(8-10)17(23)24/h2-9H,1H3,(H,23,24). The molecule has 0 radical (unpaired) electrons. The van der Waals surface area contributed by atoms with Crippen LogP contribution in [-0.2, 0) is 6.18 Å². The number of methoxy groups -OCH3 is 1. The maximum absolute atomic E-state index is 13.5. The lowest BCUT2D eigenvalue weighted by Gasteiger charge is -2.16. The lowest BCUT2D eigenvalue weighted by molar-refractivity contribution is -0.136. The maximum Gasteiger partial charge on any atom is 0.417 e. The van der Waals surface area contributed by atoms with E-state index in [0.29, 0.717) is 5.56 Å². The number of carbonyl (C=O) groups is 1. The Morgan fingerprint density at radius 1 is 1.16 bits per heavy atom. The fourth-order valence-corrected chi connectivity index (χ4v) is 2.72. The van der Waals surface area contributed by atoms with Crippen LogP contribution in [-0.4, -0.2) is 23.2 Å². The highest BCUT2D eigenvalue weighted by atomic mass is 19.4. The van der Waals surface area contributed by atoms with Crippen molar-refractivity contribution in [3.8, 4) is 17.0 Å². The summed E-state index contributed by atoms with van der Waals surface area (Å²) < 4.78 is 45.6. The monoisotopic (exact) mass is 347 g/mol. The van der Waals surface area contributed by atoms with Gasteiger partial charge in [-0.15, -0.1) is 0 Å². The molecule has 0 atom stereocenters. The summed E-state index contributed by atoms with van der Waals surface area (Å²) in [7, 11) is 1.33. The molecule has 0 bridgehead atoms. The summed E-state index contributed by atoms with van der Waals surface area (Å²) in [5.41, 5.74) is -0.337. The second-order valence-corrected chi connectivity index (χ2v) is 5.29. The van der Waals surface area contributed by atoms with Gasteiger partial charge in [-0.3, -0.25) is 0 Å². The van der Waals surface area contributed by atoms with Gasteiger partial charge in [0.15, 0.2) is 0 Å². The first-order valence-corrected chi connectivity index (χ1v) is 7.19. The normalized spacial score (nSPS) is 11.5. The number of carboxylic acids is 1. The van der Waals surface area contributed by atoms with Crippen molar-refractivity contribution in [1.82, 2.24) is 4.98 Å². The van der Waals surface area contributed by atoms with E-state index in [2.05, 4.69) is 4.98 Å². The van der Waals surface area contributed by atoms with Crippen molar-refractivity contribution >= 4 is 16.7 Å². The molecule has 3 rings (SSSR count). The largest absolute Gasteiger partial charge is 0.481 e. The summed E-state index contributed by atoms with van der Waals surface area (Å²) in [6.07, 6.45) is -3.32. The molecule has 2 aromatic carbocycles. The number of hydrogen-bond donors (Lipinski definition) is 1. The minimum Gasteiger partial charge on any atom is -0.481 e. The number of ether oxygens (including phenoxy) is 1. The number of fused-ring (bicyclic) bond motifs is 1. The molecule has 0 aliphatic carbocycles. The van der Waals surface area contributed by atoms with Crippen molar-refractivity contribution in [1.29, 1.82) is 0 Å². The van der Waals surface area contributed by atoms with Crippen LogP contribution in [0, 0.1) is 0 Å². The van der Waals surface area contributed by atoms with E-state index in [1.54, 1.807) is 6.07 Å². The quantitative estimate of drug-likeness (QED) is 0.751. The van der Waals surface area contributed by atoms with Gasteiger partial charge in [0.25, 0.3) is 0 Å². The Morgan fingerprint density at radius 2 is 1.88 bits per heavy atom. The first-order chi connectivity index (χ1) is 11.8. The van der Waals surface area contributed by atoms with Gasteiger partial charge in [0, 0.05) is 22.5 Å². The van der Waals surface area contributed by atoms with E-state index in [1.165, 1.54) is 43.6 Å². The Morgan fingerprint density at radius 3 is 2.52 bits per heavy atom. The average molecular weight is 347 g/mol. The van der Waals surface area contributed by atoms with Crippen LogP contribution in [0.1, 0.15) is 15.9 Å². The third-order valence-corrected chi connectivity index (χ3v) is 3.79. The zero-order valence-corrected chi connectivity index (χ0v) is 13.0. The molecule has 1 N–H and O–H groups in total. The molecule has 0 aliphatic rings. The number of alkyl halides is 3. The van der Waals surface area contributed by atoms with Crippen LogP contribution >= 0.6 is 0 Å². The first-order valence-electron chi connectivity index (χ1n) is 7.19. The molecule has 0 spiro atoms. The summed E-state index contributed by atoms with van der Waals surface area (Å²) in [5, 5.41) is 9.24. The molecule has 7 heteroatoms. The van der Waals surface area contributed by atoms with Crippen molar-refractivity contribution < 1.29 is 27.8 Å². The molecule has 1 heterocycles. The second kappa shape index (κ2) is 6.08. The summed E-state index contributed by atoms with van der Waals surface area (Å²) in [6.45, 7) is 0. The van der Waals surface area contributed by atoms with Crippen LogP contribution in [0.2, 0.25) is 0 Å². The predicted octanol–water partition coefficient (Wildman–Crippen LogP) is 4.63. The highest BCUT2D eigenvalue weighted by molar-refractivity contribution is 6.02. The molecule has 0 aliphatic heterocycles. The van der Waals surface area contributed by atoms with Crippen molar-refractivity contribution in [2.75, 3.05) is 7.11 Å². The third kappa shape index (κ3) is 3.00. The minimum absolute atomic E-state index is 0.0223. The lowest BCUT2D eigenvalue weighted by Crippen LogP contribution is -2.07. The molecule has 4 nitrogen and oxygen atoms in total. The number of halogens is 3. The SMILES string of the molecule is COc1ncc(-c2cccc(C(=O)O)c2)c2c(C(F)(F)F)cccc12. The molecule has 3 aromatic rings. The van der Waals surface area contributed by atoms with E-state index < -0.39 is 17.7 Å². The molecule has 1 aromatic heterocycles. The van der Waals surface area contributed by atoms with Gasteiger partial charge in [0.05, 0.1) is 18.2 Å². The van der Waals surface area contributed by atoms with E-state index in [9.17, 15) is 18.0 Å².